The summed E-state index contributed by atoms with van der Waals surface area (Å²) in [5.41, 5.74) is 21.5. The average Bonchev–Trinajstić information content (AvgIpc) is 1.48. The Morgan fingerprint density at radius 3 is 2.00 bits per heavy atom. The molecule has 0 spiro atoms. The fourth-order valence-electron chi connectivity index (χ4n) is 12.6. The summed E-state index contributed by atoms with van der Waals surface area (Å²) >= 11 is 0. The number of likely N-dealkylation sites (N-methyl/N-ethyl adjacent to an activating group) is 2. The minimum atomic E-state index is -1.10. The number of primary amides is 1. The number of hydrogen-bond acceptors (Lipinski definition) is 19. The molecule has 27 heteroatoms. The van der Waals surface area contributed by atoms with Crippen molar-refractivity contribution in [2.45, 2.75) is 188 Å². The number of azide groups is 1. The van der Waals surface area contributed by atoms with Gasteiger partial charge in [0.25, 0.3) is 5.69 Å². The molecule has 1 aliphatic heterocycles. The Hall–Kier alpha value is -7.55. The zero-order chi connectivity index (χ0) is 72.1. The van der Waals surface area contributed by atoms with E-state index < -0.39 is 107 Å². The van der Waals surface area contributed by atoms with Crippen LogP contribution in [0.2, 0.25) is 0 Å². The first kappa shape index (κ1) is 82.7. The van der Waals surface area contributed by atoms with Crippen molar-refractivity contribution in [1.29, 1.82) is 0 Å². The highest BCUT2D eigenvalue weighted by Gasteiger charge is 2.44. The number of nitrogen functional groups attached to an aromatic ring is 1. The van der Waals surface area contributed by atoms with Crippen LogP contribution in [0, 0.1) is 51.5 Å². The highest BCUT2D eigenvalue weighted by atomic mass is 16.6. The maximum absolute atomic E-state index is 14.5. The number of hydrogen-bond donors (Lipinski definition) is 4. The molecule has 1 heterocycles. The van der Waals surface area contributed by atoms with E-state index in [2.05, 4.69) is 20.7 Å². The van der Waals surface area contributed by atoms with Gasteiger partial charge in [0.2, 0.25) is 29.5 Å². The van der Waals surface area contributed by atoms with Crippen molar-refractivity contribution in [3.63, 3.8) is 0 Å². The van der Waals surface area contributed by atoms with Gasteiger partial charge in [-0.05, 0) is 93.2 Å². The molecule has 1 aliphatic rings. The lowest BCUT2D eigenvalue weighted by molar-refractivity contribution is -0.383. The molecule has 27 nitrogen and oxygen atoms in total. The van der Waals surface area contributed by atoms with Crippen LogP contribution < -0.4 is 22.1 Å². The molecule has 0 radical (unpaired) electrons. The lowest BCUT2D eigenvalue weighted by Gasteiger charge is -2.41. The highest BCUT2D eigenvalue weighted by Crippen LogP contribution is 2.32. The third-order valence-electron chi connectivity index (χ3n) is 18.2. The predicted octanol–water partition coefficient (Wildman–Crippen LogP) is 7.00. The molecule has 1 fully saturated rings. The summed E-state index contributed by atoms with van der Waals surface area (Å²) < 4.78 is 23.1. The number of ether oxygens (including phenoxy) is 4. The van der Waals surface area contributed by atoms with Crippen molar-refractivity contribution in [2.24, 2.45) is 52.3 Å². The van der Waals surface area contributed by atoms with Crippen LogP contribution in [0.4, 0.5) is 11.4 Å². The van der Waals surface area contributed by atoms with Gasteiger partial charge in [0.15, 0.2) is 17.3 Å². The van der Waals surface area contributed by atoms with Crippen LogP contribution in [-0.2, 0) is 74.9 Å². The Morgan fingerprint density at radius 1 is 0.781 bits per heavy atom. The number of nitrogens with one attached hydrogen (secondary N) is 2. The number of nitrogens with zero attached hydrogens (tertiary/aromatic N) is 7. The number of anilines is 1. The van der Waals surface area contributed by atoms with Gasteiger partial charge in [0.1, 0.15) is 17.3 Å². The normalized spacial score (nSPS) is 16.6. The van der Waals surface area contributed by atoms with E-state index in [4.69, 9.17) is 30.4 Å². The molecular weight excluding hydrogens is 1240 g/mol. The lowest BCUT2D eigenvalue weighted by atomic mass is 9.83. The van der Waals surface area contributed by atoms with E-state index in [1.165, 1.54) is 40.2 Å². The van der Waals surface area contributed by atoms with E-state index in [0.717, 1.165) is 11.6 Å². The molecule has 0 unspecified atom stereocenters. The van der Waals surface area contributed by atoms with Crippen LogP contribution in [0.3, 0.4) is 0 Å². The van der Waals surface area contributed by atoms with Gasteiger partial charge < -0.3 is 50.8 Å². The fourth-order valence-corrected chi connectivity index (χ4v) is 12.6. The first-order valence-corrected chi connectivity index (χ1v) is 33.4. The molecule has 2 aromatic rings. The maximum atomic E-state index is 14.5. The number of carbonyl (C=O) groups excluding carboxylic acids is 10. The van der Waals surface area contributed by atoms with Gasteiger partial charge in [-0.25, -0.2) is 0 Å². The number of nitrogens with two attached hydrogens (primary N) is 2. The van der Waals surface area contributed by atoms with Crippen molar-refractivity contribution >= 4 is 69.8 Å². The zero-order valence-electron chi connectivity index (χ0n) is 58.9. The number of rotatable bonds is 47. The van der Waals surface area contributed by atoms with Crippen molar-refractivity contribution in [1.82, 2.24) is 25.3 Å². The van der Waals surface area contributed by atoms with E-state index in [9.17, 15) is 63.6 Å². The SMILES string of the molecule is CC[C@H](C)[C@@H]([C@@H](CC(=O)N1CCC[C@H]1[C@H](OC)[C@@H](C)C(=O)N[C@H](CN=[N+]=[N-])Cc1ccc(CC(=O)[C@H](CC(N)=O)CC(=O)[C@H](C)NC(=O)[C@H](C)CC(=O)CCOCCOCCCC(=O)c2ccc(N)c([N+](=O)[O-])c2)cc1)OC)N(C)C(=O)[C@@H](CC(=O)[C@H](C(C)C)N(C)C)C(C)C. The summed E-state index contributed by atoms with van der Waals surface area (Å²) in [4.78, 5) is 153. The van der Waals surface area contributed by atoms with Gasteiger partial charge in [-0.1, -0.05) is 91.2 Å². The zero-order valence-corrected chi connectivity index (χ0v) is 58.9. The van der Waals surface area contributed by atoms with Crippen molar-refractivity contribution in [2.75, 3.05) is 80.6 Å². The van der Waals surface area contributed by atoms with Gasteiger partial charge in [-0.3, -0.25) is 63.0 Å². The number of ketones is 5. The molecule has 6 N–H and O–H groups in total. The Labute approximate surface area is 565 Å². The van der Waals surface area contributed by atoms with E-state index in [1.54, 1.807) is 48.0 Å². The average molecular weight is 1350 g/mol. The quantitative estimate of drug-likeness (QED) is 0.00757. The van der Waals surface area contributed by atoms with Gasteiger partial charge in [0, 0.05) is 126 Å². The fraction of sp³-hybridized carbons (Fsp3) is 0.681. The lowest BCUT2D eigenvalue weighted by Crippen LogP contribution is -2.54. The third kappa shape index (κ3) is 26.1. The van der Waals surface area contributed by atoms with Crippen LogP contribution in [-0.4, -0.2) is 195 Å². The van der Waals surface area contributed by atoms with Gasteiger partial charge in [-0.15, -0.1) is 0 Å². The Balaban J connectivity index is 1.56. The van der Waals surface area contributed by atoms with Crippen molar-refractivity contribution in [3.05, 3.63) is 79.7 Å². The van der Waals surface area contributed by atoms with Gasteiger partial charge in [0.05, 0.1) is 73.5 Å². The Kier molecular flexibility index (Phi) is 35.8. The molecule has 12 atom stereocenters. The van der Waals surface area contributed by atoms with E-state index in [1.807, 2.05) is 60.5 Å². The molecule has 3 rings (SSSR count). The number of nitro benzene ring substituents is 1. The van der Waals surface area contributed by atoms with Crippen LogP contribution in [0.5, 0.6) is 0 Å². The molecule has 96 heavy (non-hydrogen) atoms. The first-order valence-electron chi connectivity index (χ1n) is 33.4. The Morgan fingerprint density at radius 2 is 1.43 bits per heavy atom. The molecule has 2 aromatic carbocycles. The summed E-state index contributed by atoms with van der Waals surface area (Å²) in [6, 6.07) is 7.70. The third-order valence-corrected chi connectivity index (χ3v) is 18.2. The monoisotopic (exact) mass is 1350 g/mol. The minimum Gasteiger partial charge on any atom is -0.393 e. The summed E-state index contributed by atoms with van der Waals surface area (Å²) in [5, 5.41) is 20.5. The van der Waals surface area contributed by atoms with E-state index in [0.29, 0.717) is 37.8 Å². The second kappa shape index (κ2) is 41.5. The molecular formula is C69H107N11O16. The molecule has 0 saturated carbocycles. The molecule has 534 valence electrons. The highest BCUT2D eigenvalue weighted by molar-refractivity contribution is 5.98. The van der Waals surface area contributed by atoms with E-state index in [-0.39, 0.29) is 148 Å². The molecule has 5 amide bonds. The largest absolute Gasteiger partial charge is 0.393 e. The van der Waals surface area contributed by atoms with Crippen molar-refractivity contribution < 1.29 is 71.8 Å². The van der Waals surface area contributed by atoms with Crippen LogP contribution in [0.25, 0.3) is 10.4 Å². The molecule has 1 saturated heterocycles. The smallest absolute Gasteiger partial charge is 0.292 e. The number of benzene rings is 2. The number of methoxy groups -OCH3 is 2. The maximum Gasteiger partial charge on any atom is 0.292 e. The molecule has 0 bridgehead atoms. The summed E-state index contributed by atoms with van der Waals surface area (Å²) in [7, 11) is 8.49. The topological polar surface area (TPSA) is 385 Å². The van der Waals surface area contributed by atoms with Crippen LogP contribution in [0.1, 0.15) is 154 Å². The summed E-state index contributed by atoms with van der Waals surface area (Å²) in [5.74, 6) is -7.10. The second-order valence-corrected chi connectivity index (χ2v) is 26.5. The Bertz CT molecular complexity index is 2980. The standard InChI is InChI=1S/C69H107N11O16/c1-15-43(6)65(78(12)69(90)53(41(2)3)38-60(85)64(42(4)5)77(10)11)61(93-13)39-63(87)79-27-16-18-55(79)66(94-14)45(8)68(89)75-51(40-73-76-72)33-47-20-22-48(23-21-47)34-59(84)50(37-62(71)86)36-58(83)46(9)74-67(88)44(7)32-52(81)26-29-96-31-30-95-28-17-19-57(82)49-24-25-54(70)56(35-49)80(91)92/h20-25,35,41-46,50-51,53,55,61,64-66H,15-19,26-34,36-40,70H2,1-14H3,(H2,71,86)(H,74,88)(H,75,89)/t43-,44+,45+,46-,50-,51-,53-,55-,61+,64-,65-,66+/m0/s1. The van der Waals surface area contributed by atoms with Crippen LogP contribution in [0.15, 0.2) is 47.6 Å². The number of carbonyl (C=O) groups is 10. The summed E-state index contributed by atoms with van der Waals surface area (Å²) in [6.07, 6.45) is 0.104. The predicted molar refractivity (Wildman–Crippen MR) is 362 cm³/mol. The molecule has 0 aromatic heterocycles. The number of likely N-dealkylation sites (tertiary alicyclic amines) is 1. The number of nitro groups is 1. The van der Waals surface area contributed by atoms with Gasteiger partial charge in [-0.2, -0.15) is 0 Å². The second-order valence-electron chi connectivity index (χ2n) is 26.5. The molecule has 0 aliphatic carbocycles. The van der Waals surface area contributed by atoms with E-state index >= 15 is 0 Å². The number of Topliss-reactive ketones (excluding diaryl/α,β-unsaturated/α-hetero) is 5. The van der Waals surface area contributed by atoms with Gasteiger partial charge >= 0.3 is 0 Å². The van der Waals surface area contributed by atoms with Crippen LogP contribution >= 0.6 is 0 Å². The summed E-state index contributed by atoms with van der Waals surface area (Å²) in [6.45, 7) is 17.6. The first-order chi connectivity index (χ1) is 45.3. The minimum absolute atomic E-state index is 0.000342. The van der Waals surface area contributed by atoms with Crippen molar-refractivity contribution in [3.8, 4) is 0 Å². The number of amides is 5.